The molecule has 0 amide bonds. The van der Waals surface area contributed by atoms with Crippen LogP contribution in [0.2, 0.25) is 5.02 Å². The molecule has 0 aromatic heterocycles. The Balaban J connectivity index is 2.01. The fourth-order valence-electron chi connectivity index (χ4n) is 2.29. The Morgan fingerprint density at radius 3 is 2.40 bits per heavy atom. The molecule has 106 valence electrons. The molecule has 2 aromatic rings. The lowest BCUT2D eigenvalue weighted by molar-refractivity contribution is 0.407. The molecule has 0 heterocycles. The smallest absolute Gasteiger partial charge is 0.123 e. The summed E-state index contributed by atoms with van der Waals surface area (Å²) >= 11 is 6.03. The lowest BCUT2D eigenvalue weighted by atomic mass is 10.1. The molecule has 3 heteroatoms. The molecule has 2 aromatic carbocycles. The Hall–Kier alpha value is -1.51. The van der Waals surface area contributed by atoms with Gasteiger partial charge in [0.05, 0.1) is 7.11 Å². The first-order valence-electron chi connectivity index (χ1n) is 6.84. The van der Waals surface area contributed by atoms with Gasteiger partial charge in [-0.15, -0.1) is 0 Å². The van der Waals surface area contributed by atoms with E-state index in [0.29, 0.717) is 0 Å². The SMILES string of the molecule is CCc1ccccc1CNCc1cc(Cl)ccc1OC. The summed E-state index contributed by atoms with van der Waals surface area (Å²) in [4.78, 5) is 0. The zero-order valence-corrected chi connectivity index (χ0v) is 12.7. The van der Waals surface area contributed by atoms with E-state index in [2.05, 4.69) is 36.5 Å². The zero-order valence-electron chi connectivity index (χ0n) is 11.9. The monoisotopic (exact) mass is 289 g/mol. The van der Waals surface area contributed by atoms with E-state index in [0.717, 1.165) is 35.8 Å². The van der Waals surface area contributed by atoms with Crippen molar-refractivity contribution in [3.8, 4) is 5.75 Å². The lowest BCUT2D eigenvalue weighted by Crippen LogP contribution is -2.14. The minimum atomic E-state index is 0.733. The van der Waals surface area contributed by atoms with Crippen LogP contribution in [-0.2, 0) is 19.5 Å². The van der Waals surface area contributed by atoms with Crippen LogP contribution in [0.25, 0.3) is 0 Å². The third-order valence-electron chi connectivity index (χ3n) is 3.37. The molecule has 20 heavy (non-hydrogen) atoms. The van der Waals surface area contributed by atoms with Crippen molar-refractivity contribution in [3.63, 3.8) is 0 Å². The fraction of sp³-hybridized carbons (Fsp3) is 0.294. The second kappa shape index (κ2) is 7.32. The molecule has 0 aliphatic carbocycles. The summed E-state index contributed by atoms with van der Waals surface area (Å²) in [7, 11) is 1.68. The topological polar surface area (TPSA) is 21.3 Å². The first-order chi connectivity index (χ1) is 9.74. The molecular weight excluding hydrogens is 270 g/mol. The predicted molar refractivity (Wildman–Crippen MR) is 84.4 cm³/mol. The highest BCUT2D eigenvalue weighted by atomic mass is 35.5. The van der Waals surface area contributed by atoms with E-state index >= 15 is 0 Å². The average molecular weight is 290 g/mol. The summed E-state index contributed by atoms with van der Waals surface area (Å²) in [6.45, 7) is 3.76. The van der Waals surface area contributed by atoms with Crippen LogP contribution in [-0.4, -0.2) is 7.11 Å². The van der Waals surface area contributed by atoms with E-state index < -0.39 is 0 Å². The standard InChI is InChI=1S/C17H20ClNO/c1-3-13-6-4-5-7-14(13)11-19-12-15-10-16(18)8-9-17(15)20-2/h4-10,19H,3,11-12H2,1-2H3. The van der Waals surface area contributed by atoms with Gasteiger partial charge in [0, 0.05) is 23.7 Å². The second-order valence-corrected chi connectivity index (χ2v) is 5.12. The largest absolute Gasteiger partial charge is 0.496 e. The summed E-state index contributed by atoms with van der Waals surface area (Å²) in [5.41, 5.74) is 3.81. The van der Waals surface area contributed by atoms with Crippen LogP contribution < -0.4 is 10.1 Å². The summed E-state index contributed by atoms with van der Waals surface area (Å²) in [5, 5.41) is 4.19. The number of nitrogens with one attached hydrogen (secondary N) is 1. The van der Waals surface area contributed by atoms with E-state index in [-0.39, 0.29) is 0 Å². The molecular formula is C17H20ClNO. The number of rotatable bonds is 6. The molecule has 0 aliphatic rings. The van der Waals surface area contributed by atoms with Gasteiger partial charge in [0.25, 0.3) is 0 Å². The maximum atomic E-state index is 6.03. The molecule has 0 spiro atoms. The molecule has 2 nitrogen and oxygen atoms in total. The van der Waals surface area contributed by atoms with Crippen molar-refractivity contribution >= 4 is 11.6 Å². The van der Waals surface area contributed by atoms with Gasteiger partial charge >= 0.3 is 0 Å². The van der Waals surface area contributed by atoms with E-state index in [1.165, 1.54) is 11.1 Å². The molecule has 0 radical (unpaired) electrons. The predicted octanol–water partition coefficient (Wildman–Crippen LogP) is 4.20. The molecule has 0 saturated carbocycles. The number of ether oxygens (including phenoxy) is 1. The number of aryl methyl sites for hydroxylation is 1. The Kier molecular flexibility index (Phi) is 5.45. The van der Waals surface area contributed by atoms with Crippen molar-refractivity contribution in [2.24, 2.45) is 0 Å². The summed E-state index contributed by atoms with van der Waals surface area (Å²) in [5.74, 6) is 0.866. The normalized spacial score (nSPS) is 10.6. The summed E-state index contributed by atoms with van der Waals surface area (Å²) in [6, 6.07) is 14.2. The van der Waals surface area contributed by atoms with Gasteiger partial charge in [-0.05, 0) is 35.7 Å². The third kappa shape index (κ3) is 3.75. The minimum absolute atomic E-state index is 0.733. The molecule has 2 rings (SSSR count). The van der Waals surface area contributed by atoms with Gasteiger partial charge < -0.3 is 10.1 Å². The van der Waals surface area contributed by atoms with Crippen molar-refractivity contribution in [1.29, 1.82) is 0 Å². The number of halogens is 1. The van der Waals surface area contributed by atoms with Crippen LogP contribution in [0, 0.1) is 0 Å². The highest BCUT2D eigenvalue weighted by molar-refractivity contribution is 6.30. The van der Waals surface area contributed by atoms with Gasteiger partial charge in [-0.3, -0.25) is 0 Å². The fourth-order valence-corrected chi connectivity index (χ4v) is 2.49. The highest BCUT2D eigenvalue weighted by Crippen LogP contribution is 2.22. The van der Waals surface area contributed by atoms with Gasteiger partial charge in [0.15, 0.2) is 0 Å². The highest BCUT2D eigenvalue weighted by Gasteiger charge is 2.04. The molecule has 0 saturated heterocycles. The lowest BCUT2D eigenvalue weighted by Gasteiger charge is -2.12. The van der Waals surface area contributed by atoms with E-state index in [1.807, 2.05) is 18.2 Å². The molecule has 0 bridgehead atoms. The van der Waals surface area contributed by atoms with Crippen LogP contribution in [0.15, 0.2) is 42.5 Å². The zero-order chi connectivity index (χ0) is 14.4. The van der Waals surface area contributed by atoms with Crippen LogP contribution in [0.4, 0.5) is 0 Å². The van der Waals surface area contributed by atoms with Crippen molar-refractivity contribution in [3.05, 3.63) is 64.2 Å². The molecule has 0 unspecified atom stereocenters. The maximum absolute atomic E-state index is 6.03. The summed E-state index contributed by atoms with van der Waals surface area (Å²) < 4.78 is 5.35. The Morgan fingerprint density at radius 1 is 1.00 bits per heavy atom. The Morgan fingerprint density at radius 2 is 1.70 bits per heavy atom. The third-order valence-corrected chi connectivity index (χ3v) is 3.61. The van der Waals surface area contributed by atoms with Crippen molar-refractivity contribution < 1.29 is 4.74 Å². The molecule has 1 N–H and O–H groups in total. The van der Waals surface area contributed by atoms with E-state index in [1.54, 1.807) is 7.11 Å². The molecule has 0 aliphatic heterocycles. The van der Waals surface area contributed by atoms with Crippen LogP contribution in [0.3, 0.4) is 0 Å². The number of methoxy groups -OCH3 is 1. The van der Waals surface area contributed by atoms with Gasteiger partial charge in [-0.25, -0.2) is 0 Å². The van der Waals surface area contributed by atoms with Gasteiger partial charge in [0.2, 0.25) is 0 Å². The van der Waals surface area contributed by atoms with Crippen LogP contribution >= 0.6 is 11.6 Å². The van der Waals surface area contributed by atoms with Gasteiger partial charge in [-0.1, -0.05) is 42.8 Å². The molecule has 0 fully saturated rings. The van der Waals surface area contributed by atoms with E-state index in [9.17, 15) is 0 Å². The van der Waals surface area contributed by atoms with E-state index in [4.69, 9.17) is 16.3 Å². The van der Waals surface area contributed by atoms with Crippen molar-refractivity contribution in [2.45, 2.75) is 26.4 Å². The quantitative estimate of drug-likeness (QED) is 0.860. The van der Waals surface area contributed by atoms with Crippen LogP contribution in [0.5, 0.6) is 5.75 Å². The maximum Gasteiger partial charge on any atom is 0.123 e. The van der Waals surface area contributed by atoms with Gasteiger partial charge in [-0.2, -0.15) is 0 Å². The second-order valence-electron chi connectivity index (χ2n) is 4.68. The summed E-state index contributed by atoms with van der Waals surface area (Å²) in [6.07, 6.45) is 1.05. The molecule has 0 atom stereocenters. The van der Waals surface area contributed by atoms with Gasteiger partial charge in [0.1, 0.15) is 5.75 Å². The average Bonchev–Trinajstić information content (AvgIpc) is 2.48. The number of hydrogen-bond donors (Lipinski definition) is 1. The first-order valence-corrected chi connectivity index (χ1v) is 7.22. The van der Waals surface area contributed by atoms with Crippen LogP contribution in [0.1, 0.15) is 23.6 Å². The number of benzene rings is 2. The van der Waals surface area contributed by atoms with Crippen molar-refractivity contribution in [1.82, 2.24) is 5.32 Å². The minimum Gasteiger partial charge on any atom is -0.496 e. The first kappa shape index (κ1) is 14.9. The Bertz CT molecular complexity index is 569. The Labute approximate surface area is 125 Å². The van der Waals surface area contributed by atoms with Crippen molar-refractivity contribution in [2.75, 3.05) is 7.11 Å². The number of hydrogen-bond acceptors (Lipinski definition) is 2.